The van der Waals surface area contributed by atoms with Crippen LogP contribution in [0.1, 0.15) is 24.6 Å². The van der Waals surface area contributed by atoms with Crippen molar-refractivity contribution in [2.24, 2.45) is 0 Å². The van der Waals surface area contributed by atoms with Gasteiger partial charge in [-0.1, -0.05) is 0 Å². The first kappa shape index (κ1) is 11.7. The van der Waals surface area contributed by atoms with Gasteiger partial charge in [0.15, 0.2) is 6.04 Å². The Kier molecular flexibility index (Phi) is 3.14. The number of carbonyl (C=O) groups is 2. The fourth-order valence-corrected chi connectivity index (χ4v) is 2.24. The second-order valence-electron chi connectivity index (χ2n) is 3.99. The molecule has 1 aromatic rings. The molecule has 2 heterocycles. The molecule has 1 fully saturated rings. The minimum atomic E-state index is -1.09. The highest BCUT2D eigenvalue weighted by Crippen LogP contribution is 2.30. The Bertz CT molecular complexity index is 414. The summed E-state index contributed by atoms with van der Waals surface area (Å²) in [5.74, 6) is -1.81. The minimum Gasteiger partial charge on any atom is -0.480 e. The van der Waals surface area contributed by atoms with Crippen molar-refractivity contribution in [2.45, 2.75) is 24.9 Å². The van der Waals surface area contributed by atoms with Crippen LogP contribution in [0.2, 0.25) is 0 Å². The Morgan fingerprint density at radius 2 is 2.24 bits per heavy atom. The summed E-state index contributed by atoms with van der Waals surface area (Å²) in [5.41, 5.74) is 0. The van der Waals surface area contributed by atoms with Gasteiger partial charge >= 0.3 is 11.9 Å². The van der Waals surface area contributed by atoms with Gasteiger partial charge in [0.05, 0.1) is 6.26 Å². The maximum atomic E-state index is 11.3. The number of furan rings is 1. The molecule has 0 saturated carbocycles. The molecule has 0 aliphatic carbocycles. The SMILES string of the molecule is O=C(O)C(c1ccco1)N1CCC[C@H]1C(=O)O. The minimum absolute atomic E-state index is 0.269. The van der Waals surface area contributed by atoms with Gasteiger partial charge < -0.3 is 14.6 Å². The Labute approximate surface area is 97.4 Å². The summed E-state index contributed by atoms with van der Waals surface area (Å²) in [6.07, 6.45) is 2.54. The lowest BCUT2D eigenvalue weighted by molar-refractivity contribution is -0.149. The highest BCUT2D eigenvalue weighted by Gasteiger charge is 2.40. The molecule has 0 amide bonds. The summed E-state index contributed by atoms with van der Waals surface area (Å²) >= 11 is 0. The maximum Gasteiger partial charge on any atom is 0.328 e. The molecule has 2 rings (SSSR count). The molecule has 92 valence electrons. The monoisotopic (exact) mass is 239 g/mol. The number of hydrogen-bond acceptors (Lipinski definition) is 4. The number of likely N-dealkylation sites (tertiary alicyclic amines) is 1. The van der Waals surface area contributed by atoms with E-state index in [0.29, 0.717) is 19.4 Å². The van der Waals surface area contributed by atoms with Crippen LogP contribution in [0.3, 0.4) is 0 Å². The summed E-state index contributed by atoms with van der Waals surface area (Å²) < 4.78 is 5.08. The fourth-order valence-electron chi connectivity index (χ4n) is 2.24. The quantitative estimate of drug-likeness (QED) is 0.813. The van der Waals surface area contributed by atoms with E-state index < -0.39 is 24.0 Å². The van der Waals surface area contributed by atoms with Gasteiger partial charge in [-0.3, -0.25) is 14.5 Å². The van der Waals surface area contributed by atoms with Crippen molar-refractivity contribution < 1.29 is 24.2 Å². The Hall–Kier alpha value is -1.82. The molecule has 2 atom stereocenters. The van der Waals surface area contributed by atoms with Gasteiger partial charge in [-0.2, -0.15) is 0 Å². The van der Waals surface area contributed by atoms with Crippen LogP contribution >= 0.6 is 0 Å². The fraction of sp³-hybridized carbons (Fsp3) is 0.455. The molecular formula is C11H13NO5. The topological polar surface area (TPSA) is 91.0 Å². The molecule has 1 aliphatic heterocycles. The predicted octanol–water partition coefficient (Wildman–Crippen LogP) is 0.954. The summed E-state index contributed by atoms with van der Waals surface area (Å²) in [4.78, 5) is 23.8. The van der Waals surface area contributed by atoms with Crippen molar-refractivity contribution in [3.05, 3.63) is 24.2 Å². The normalized spacial score (nSPS) is 22.5. The number of carboxylic acid groups (broad SMARTS) is 2. The first-order valence-electron chi connectivity index (χ1n) is 5.36. The molecule has 1 unspecified atom stereocenters. The summed E-state index contributed by atoms with van der Waals surface area (Å²) in [7, 11) is 0. The lowest BCUT2D eigenvalue weighted by atomic mass is 10.1. The van der Waals surface area contributed by atoms with E-state index in [4.69, 9.17) is 9.52 Å². The number of rotatable bonds is 4. The smallest absolute Gasteiger partial charge is 0.328 e. The second-order valence-corrected chi connectivity index (χ2v) is 3.99. The van der Waals surface area contributed by atoms with E-state index in [1.54, 1.807) is 12.1 Å². The van der Waals surface area contributed by atoms with E-state index in [2.05, 4.69) is 0 Å². The third-order valence-corrected chi connectivity index (χ3v) is 2.96. The first-order chi connectivity index (χ1) is 8.11. The van der Waals surface area contributed by atoms with Crippen LogP contribution in [0.4, 0.5) is 0 Å². The van der Waals surface area contributed by atoms with Crippen LogP contribution in [-0.4, -0.2) is 39.6 Å². The zero-order chi connectivity index (χ0) is 12.4. The average Bonchev–Trinajstić information content (AvgIpc) is 2.87. The van der Waals surface area contributed by atoms with Crippen LogP contribution < -0.4 is 0 Å². The third-order valence-electron chi connectivity index (χ3n) is 2.96. The molecule has 6 nitrogen and oxygen atoms in total. The molecule has 17 heavy (non-hydrogen) atoms. The summed E-state index contributed by atoms with van der Waals surface area (Å²) in [6, 6.07) is 1.38. The van der Waals surface area contributed by atoms with E-state index in [9.17, 15) is 14.7 Å². The Morgan fingerprint density at radius 1 is 1.47 bits per heavy atom. The molecule has 2 N–H and O–H groups in total. The van der Waals surface area contributed by atoms with Crippen molar-refractivity contribution >= 4 is 11.9 Å². The number of aliphatic carboxylic acids is 2. The van der Waals surface area contributed by atoms with Gasteiger partial charge in [0.2, 0.25) is 0 Å². The van der Waals surface area contributed by atoms with Crippen LogP contribution in [-0.2, 0) is 9.59 Å². The van der Waals surface area contributed by atoms with Crippen molar-refractivity contribution in [1.29, 1.82) is 0 Å². The Morgan fingerprint density at radius 3 is 2.76 bits per heavy atom. The van der Waals surface area contributed by atoms with Gasteiger partial charge in [0, 0.05) is 6.54 Å². The summed E-state index contributed by atoms with van der Waals surface area (Å²) in [5, 5.41) is 18.3. The predicted molar refractivity (Wildman–Crippen MR) is 56.4 cm³/mol. The standard InChI is InChI=1S/C11H13NO5/c13-10(14)7-3-1-5-12(7)9(11(15)16)8-4-2-6-17-8/h2,4,6-7,9H,1,3,5H2,(H,13,14)(H,15,16)/t7-,9?/m0/s1. The lowest BCUT2D eigenvalue weighted by Gasteiger charge is -2.26. The van der Waals surface area contributed by atoms with E-state index in [1.807, 2.05) is 0 Å². The van der Waals surface area contributed by atoms with E-state index in [0.717, 1.165) is 0 Å². The molecular weight excluding hydrogens is 226 g/mol. The van der Waals surface area contributed by atoms with Crippen LogP contribution in [0.5, 0.6) is 0 Å². The van der Waals surface area contributed by atoms with E-state index in [1.165, 1.54) is 11.2 Å². The maximum absolute atomic E-state index is 11.3. The zero-order valence-electron chi connectivity index (χ0n) is 9.07. The molecule has 1 aromatic heterocycles. The second kappa shape index (κ2) is 4.58. The van der Waals surface area contributed by atoms with Crippen LogP contribution in [0, 0.1) is 0 Å². The highest BCUT2D eigenvalue weighted by atomic mass is 16.4. The van der Waals surface area contributed by atoms with E-state index in [-0.39, 0.29) is 5.76 Å². The number of carboxylic acids is 2. The molecule has 1 aliphatic rings. The molecule has 0 bridgehead atoms. The molecule has 0 radical (unpaired) electrons. The van der Waals surface area contributed by atoms with Gasteiger partial charge in [-0.05, 0) is 25.0 Å². The van der Waals surface area contributed by atoms with Gasteiger partial charge in [-0.15, -0.1) is 0 Å². The molecule has 0 spiro atoms. The average molecular weight is 239 g/mol. The zero-order valence-corrected chi connectivity index (χ0v) is 9.07. The molecule has 0 aromatic carbocycles. The van der Waals surface area contributed by atoms with Crippen molar-refractivity contribution in [3.63, 3.8) is 0 Å². The van der Waals surface area contributed by atoms with E-state index >= 15 is 0 Å². The third kappa shape index (κ3) is 2.16. The highest BCUT2D eigenvalue weighted by molar-refractivity contribution is 5.78. The van der Waals surface area contributed by atoms with Gasteiger partial charge in [0.1, 0.15) is 11.8 Å². The number of hydrogen-bond donors (Lipinski definition) is 2. The van der Waals surface area contributed by atoms with Crippen LogP contribution in [0.25, 0.3) is 0 Å². The summed E-state index contributed by atoms with van der Waals surface area (Å²) in [6.45, 7) is 0.453. The van der Waals surface area contributed by atoms with Crippen molar-refractivity contribution in [2.75, 3.05) is 6.54 Å². The Balaban J connectivity index is 2.28. The van der Waals surface area contributed by atoms with Gasteiger partial charge in [-0.25, -0.2) is 0 Å². The van der Waals surface area contributed by atoms with Crippen LogP contribution in [0.15, 0.2) is 22.8 Å². The van der Waals surface area contributed by atoms with Gasteiger partial charge in [0.25, 0.3) is 0 Å². The van der Waals surface area contributed by atoms with Crippen molar-refractivity contribution in [1.82, 2.24) is 4.90 Å². The number of nitrogens with zero attached hydrogens (tertiary/aromatic N) is 1. The molecule has 6 heteroatoms. The first-order valence-corrected chi connectivity index (χ1v) is 5.36. The van der Waals surface area contributed by atoms with Crippen molar-refractivity contribution in [3.8, 4) is 0 Å². The lowest BCUT2D eigenvalue weighted by Crippen LogP contribution is -2.41. The largest absolute Gasteiger partial charge is 0.480 e. The molecule has 1 saturated heterocycles.